The van der Waals surface area contributed by atoms with E-state index in [-0.39, 0.29) is 0 Å². The van der Waals surface area contributed by atoms with Crippen LogP contribution in [0, 0.1) is 0 Å². The fraction of sp³-hybridized carbons (Fsp3) is 0.222. The van der Waals surface area contributed by atoms with Gasteiger partial charge >= 0.3 is 0 Å². The van der Waals surface area contributed by atoms with Gasteiger partial charge in [0.1, 0.15) is 5.65 Å². The molecule has 2 heterocycles. The zero-order valence-electron chi connectivity index (χ0n) is 6.77. The fourth-order valence-corrected chi connectivity index (χ4v) is 1.26. The molecule has 2 N–H and O–H groups in total. The molecule has 2 aromatic heterocycles. The Kier molecular flexibility index (Phi) is 1.80. The highest BCUT2D eigenvalue weighted by molar-refractivity contribution is 5.39. The van der Waals surface area contributed by atoms with E-state index in [1.165, 1.54) is 0 Å². The second kappa shape index (κ2) is 2.95. The van der Waals surface area contributed by atoms with Gasteiger partial charge in [-0.05, 0) is 18.7 Å². The molecule has 0 bridgehead atoms. The van der Waals surface area contributed by atoms with Crippen molar-refractivity contribution in [2.75, 3.05) is 6.54 Å². The van der Waals surface area contributed by atoms with Gasteiger partial charge in [-0.3, -0.25) is 0 Å². The molecular formula is C9H11N3. The van der Waals surface area contributed by atoms with E-state index in [1.54, 1.807) is 0 Å². The van der Waals surface area contributed by atoms with Gasteiger partial charge in [0.15, 0.2) is 0 Å². The average molecular weight is 161 g/mol. The largest absolute Gasteiger partial charge is 0.330 e. The maximum atomic E-state index is 5.43. The van der Waals surface area contributed by atoms with Crippen LogP contribution in [-0.2, 0) is 6.42 Å². The van der Waals surface area contributed by atoms with Gasteiger partial charge in [-0.2, -0.15) is 0 Å². The summed E-state index contributed by atoms with van der Waals surface area (Å²) in [6, 6.07) is 5.95. The zero-order chi connectivity index (χ0) is 8.39. The minimum Gasteiger partial charge on any atom is -0.330 e. The van der Waals surface area contributed by atoms with Crippen LogP contribution < -0.4 is 5.73 Å². The molecule has 0 saturated carbocycles. The van der Waals surface area contributed by atoms with Crippen LogP contribution in [0.1, 0.15) is 5.69 Å². The lowest BCUT2D eigenvalue weighted by molar-refractivity contribution is 0.937. The zero-order valence-corrected chi connectivity index (χ0v) is 6.77. The number of imidazole rings is 1. The minimum absolute atomic E-state index is 0.657. The number of aromatic nitrogens is 2. The molecule has 12 heavy (non-hydrogen) atoms. The number of nitrogens with zero attached hydrogens (tertiary/aromatic N) is 2. The van der Waals surface area contributed by atoms with Gasteiger partial charge in [-0.25, -0.2) is 4.98 Å². The standard InChI is InChI=1S/C9H11N3/c10-5-4-8-7-12-6-2-1-3-9(12)11-8/h1-3,6-7H,4-5,10H2. The van der Waals surface area contributed by atoms with Crippen molar-refractivity contribution in [2.45, 2.75) is 6.42 Å². The van der Waals surface area contributed by atoms with Crippen molar-refractivity contribution in [3.8, 4) is 0 Å². The molecule has 0 spiro atoms. The maximum Gasteiger partial charge on any atom is 0.136 e. The van der Waals surface area contributed by atoms with Gasteiger partial charge < -0.3 is 10.1 Å². The third-order valence-corrected chi connectivity index (χ3v) is 1.81. The Morgan fingerprint density at radius 2 is 2.33 bits per heavy atom. The number of fused-ring (bicyclic) bond motifs is 1. The van der Waals surface area contributed by atoms with Gasteiger partial charge in [0.2, 0.25) is 0 Å². The van der Waals surface area contributed by atoms with E-state index in [0.29, 0.717) is 6.54 Å². The van der Waals surface area contributed by atoms with Crippen LogP contribution >= 0.6 is 0 Å². The van der Waals surface area contributed by atoms with Crippen molar-refractivity contribution >= 4 is 5.65 Å². The topological polar surface area (TPSA) is 43.3 Å². The summed E-state index contributed by atoms with van der Waals surface area (Å²) in [7, 11) is 0. The molecule has 0 aliphatic carbocycles. The van der Waals surface area contributed by atoms with Crippen LogP contribution in [0.4, 0.5) is 0 Å². The minimum atomic E-state index is 0.657. The van der Waals surface area contributed by atoms with E-state index in [2.05, 4.69) is 4.98 Å². The van der Waals surface area contributed by atoms with Gasteiger partial charge in [-0.1, -0.05) is 6.07 Å². The molecule has 3 nitrogen and oxygen atoms in total. The first-order valence-electron chi connectivity index (χ1n) is 4.03. The molecule has 0 fully saturated rings. The monoisotopic (exact) mass is 161 g/mol. The maximum absolute atomic E-state index is 5.43. The molecule has 0 saturated heterocycles. The molecule has 0 atom stereocenters. The SMILES string of the molecule is NCCc1cn2ccccc2n1. The molecule has 0 aliphatic rings. The summed E-state index contributed by atoms with van der Waals surface area (Å²) in [4.78, 5) is 4.39. The quantitative estimate of drug-likeness (QED) is 0.709. The number of hydrogen-bond acceptors (Lipinski definition) is 2. The Hall–Kier alpha value is -1.35. The Labute approximate surface area is 70.8 Å². The lowest BCUT2D eigenvalue weighted by Gasteiger charge is -1.86. The number of hydrogen-bond donors (Lipinski definition) is 1. The first-order chi connectivity index (χ1) is 5.90. The molecule has 2 aromatic rings. The second-order valence-corrected chi connectivity index (χ2v) is 2.74. The van der Waals surface area contributed by atoms with Crippen LogP contribution in [0.5, 0.6) is 0 Å². The van der Waals surface area contributed by atoms with Crippen molar-refractivity contribution in [1.82, 2.24) is 9.38 Å². The lowest BCUT2D eigenvalue weighted by Crippen LogP contribution is -2.02. The van der Waals surface area contributed by atoms with Crippen molar-refractivity contribution in [2.24, 2.45) is 5.73 Å². The molecule has 0 aliphatic heterocycles. The molecule has 0 aromatic carbocycles. The second-order valence-electron chi connectivity index (χ2n) is 2.74. The highest BCUT2D eigenvalue weighted by Crippen LogP contribution is 2.03. The number of nitrogens with two attached hydrogens (primary N) is 1. The Morgan fingerprint density at radius 1 is 1.42 bits per heavy atom. The fourth-order valence-electron chi connectivity index (χ4n) is 1.26. The summed E-state index contributed by atoms with van der Waals surface area (Å²) in [5.74, 6) is 0. The number of pyridine rings is 1. The highest BCUT2D eigenvalue weighted by atomic mass is 15.0. The first-order valence-corrected chi connectivity index (χ1v) is 4.03. The van der Waals surface area contributed by atoms with Crippen LogP contribution in [0.2, 0.25) is 0 Å². The van der Waals surface area contributed by atoms with Gasteiger partial charge in [0.05, 0.1) is 5.69 Å². The van der Waals surface area contributed by atoms with Gasteiger partial charge in [0.25, 0.3) is 0 Å². The van der Waals surface area contributed by atoms with Crippen molar-refractivity contribution in [3.63, 3.8) is 0 Å². The third kappa shape index (κ3) is 1.19. The van der Waals surface area contributed by atoms with E-state index in [0.717, 1.165) is 17.8 Å². The Bertz CT molecular complexity index is 345. The molecule has 3 heteroatoms. The van der Waals surface area contributed by atoms with Crippen LogP contribution in [0.25, 0.3) is 5.65 Å². The van der Waals surface area contributed by atoms with E-state index in [9.17, 15) is 0 Å². The first kappa shape index (κ1) is 7.31. The normalized spacial score (nSPS) is 10.8. The van der Waals surface area contributed by atoms with Crippen LogP contribution in [0.15, 0.2) is 30.6 Å². The van der Waals surface area contributed by atoms with Crippen molar-refractivity contribution in [3.05, 3.63) is 36.3 Å². The lowest BCUT2D eigenvalue weighted by atomic mass is 10.3. The summed E-state index contributed by atoms with van der Waals surface area (Å²) in [6.07, 6.45) is 4.85. The van der Waals surface area contributed by atoms with Crippen molar-refractivity contribution < 1.29 is 0 Å². The van der Waals surface area contributed by atoms with E-state index < -0.39 is 0 Å². The van der Waals surface area contributed by atoms with Gasteiger partial charge in [0, 0.05) is 18.8 Å². The molecule has 0 amide bonds. The molecule has 0 unspecified atom stereocenters. The Balaban J connectivity index is 2.47. The average Bonchev–Trinajstić information content (AvgIpc) is 2.47. The van der Waals surface area contributed by atoms with E-state index in [4.69, 9.17) is 5.73 Å². The summed E-state index contributed by atoms with van der Waals surface area (Å²) in [6.45, 7) is 0.657. The number of rotatable bonds is 2. The summed E-state index contributed by atoms with van der Waals surface area (Å²) in [5.41, 5.74) is 7.48. The molecule has 62 valence electrons. The third-order valence-electron chi connectivity index (χ3n) is 1.81. The summed E-state index contributed by atoms with van der Waals surface area (Å²) < 4.78 is 2.00. The van der Waals surface area contributed by atoms with Crippen molar-refractivity contribution in [1.29, 1.82) is 0 Å². The predicted molar refractivity (Wildman–Crippen MR) is 48.0 cm³/mol. The highest BCUT2D eigenvalue weighted by Gasteiger charge is 1.97. The molecular weight excluding hydrogens is 150 g/mol. The molecule has 0 radical (unpaired) electrons. The Morgan fingerprint density at radius 3 is 3.08 bits per heavy atom. The van der Waals surface area contributed by atoms with E-state index >= 15 is 0 Å². The molecule has 2 rings (SSSR count). The predicted octanol–water partition coefficient (Wildman–Crippen LogP) is 0.835. The van der Waals surface area contributed by atoms with E-state index in [1.807, 2.05) is 35.0 Å². The summed E-state index contributed by atoms with van der Waals surface area (Å²) in [5, 5.41) is 0. The smallest absolute Gasteiger partial charge is 0.136 e. The van der Waals surface area contributed by atoms with Crippen LogP contribution in [0.3, 0.4) is 0 Å². The van der Waals surface area contributed by atoms with Gasteiger partial charge in [-0.15, -0.1) is 0 Å². The van der Waals surface area contributed by atoms with Crippen LogP contribution in [-0.4, -0.2) is 15.9 Å². The summed E-state index contributed by atoms with van der Waals surface area (Å²) >= 11 is 0.